The number of pyridine rings is 1. The molecule has 0 amide bonds. The molecule has 2 heterocycles. The average molecular weight is 321 g/mol. The van der Waals surface area contributed by atoms with E-state index in [1.807, 2.05) is 30.3 Å². The molecule has 3 aromatic rings. The average Bonchev–Trinajstić information content (AvgIpc) is 2.64. The number of nitrogens with zero attached hydrogens (tertiary/aromatic N) is 2. The van der Waals surface area contributed by atoms with E-state index >= 15 is 0 Å². The molecule has 0 saturated carbocycles. The zero-order valence-corrected chi connectivity index (χ0v) is 13.3. The highest BCUT2D eigenvalue weighted by molar-refractivity contribution is 5.98. The predicted molar refractivity (Wildman–Crippen MR) is 95.7 cm³/mol. The maximum absolute atomic E-state index is 6.05. The molecule has 1 saturated heterocycles. The fourth-order valence-electron chi connectivity index (χ4n) is 2.97. The maximum atomic E-state index is 6.05. The number of hydrogen-bond acceptors (Lipinski definition) is 5. The number of anilines is 2. The lowest BCUT2D eigenvalue weighted by atomic mass is 10.1. The molecule has 0 unspecified atom stereocenters. The largest absolute Gasteiger partial charge is 0.438 e. The number of aromatic nitrogens is 1. The minimum atomic E-state index is 0.611. The fraction of sp³-hybridized carbons (Fsp3) is 0.211. The molecule has 4 rings (SSSR count). The van der Waals surface area contributed by atoms with Gasteiger partial charge in [0.2, 0.25) is 5.88 Å². The third kappa shape index (κ3) is 2.86. The van der Waals surface area contributed by atoms with E-state index in [-0.39, 0.29) is 0 Å². The summed E-state index contributed by atoms with van der Waals surface area (Å²) < 4.78 is 11.5. The van der Waals surface area contributed by atoms with Gasteiger partial charge in [0.1, 0.15) is 5.75 Å². The summed E-state index contributed by atoms with van der Waals surface area (Å²) in [6.07, 6.45) is 1.78. The lowest BCUT2D eigenvalue weighted by Crippen LogP contribution is -2.36. The van der Waals surface area contributed by atoms with Gasteiger partial charge in [-0.25, -0.2) is 4.98 Å². The van der Waals surface area contributed by atoms with Gasteiger partial charge < -0.3 is 20.1 Å². The first kappa shape index (κ1) is 14.8. The van der Waals surface area contributed by atoms with Crippen LogP contribution in [0.5, 0.6) is 11.6 Å². The second kappa shape index (κ2) is 6.37. The van der Waals surface area contributed by atoms with Crippen molar-refractivity contribution >= 4 is 22.1 Å². The van der Waals surface area contributed by atoms with Crippen molar-refractivity contribution in [2.45, 2.75) is 0 Å². The molecule has 2 aromatic carbocycles. The molecule has 0 aliphatic carbocycles. The van der Waals surface area contributed by atoms with E-state index in [9.17, 15) is 0 Å². The normalized spacial score (nSPS) is 14.8. The van der Waals surface area contributed by atoms with E-state index in [0.717, 1.165) is 48.5 Å². The molecule has 5 heteroatoms. The Morgan fingerprint density at radius 2 is 1.79 bits per heavy atom. The molecule has 1 fully saturated rings. The van der Waals surface area contributed by atoms with Crippen LogP contribution < -0.4 is 15.4 Å². The zero-order chi connectivity index (χ0) is 16.4. The minimum Gasteiger partial charge on any atom is -0.438 e. The van der Waals surface area contributed by atoms with Crippen LogP contribution in [0.15, 0.2) is 54.7 Å². The molecule has 1 aliphatic heterocycles. The Labute approximate surface area is 140 Å². The van der Waals surface area contributed by atoms with Crippen molar-refractivity contribution in [3.8, 4) is 11.6 Å². The molecule has 24 heavy (non-hydrogen) atoms. The van der Waals surface area contributed by atoms with E-state index < -0.39 is 0 Å². The van der Waals surface area contributed by atoms with Crippen LogP contribution in [0.3, 0.4) is 0 Å². The number of hydrogen-bond donors (Lipinski definition) is 1. The van der Waals surface area contributed by atoms with Crippen LogP contribution in [0.1, 0.15) is 0 Å². The molecule has 2 N–H and O–H groups in total. The molecule has 0 atom stereocenters. The van der Waals surface area contributed by atoms with Crippen LogP contribution in [0.4, 0.5) is 11.4 Å². The van der Waals surface area contributed by atoms with Crippen LogP contribution in [0.2, 0.25) is 0 Å². The predicted octanol–water partition coefficient (Wildman–Crippen LogP) is 3.45. The molecule has 5 nitrogen and oxygen atoms in total. The van der Waals surface area contributed by atoms with Gasteiger partial charge in [-0.15, -0.1) is 0 Å². The Kier molecular flexibility index (Phi) is 3.92. The minimum absolute atomic E-state index is 0.611. The van der Waals surface area contributed by atoms with Gasteiger partial charge in [-0.1, -0.05) is 12.1 Å². The topological polar surface area (TPSA) is 60.6 Å². The van der Waals surface area contributed by atoms with E-state index in [4.69, 9.17) is 15.2 Å². The summed E-state index contributed by atoms with van der Waals surface area (Å²) in [5.74, 6) is 1.33. The van der Waals surface area contributed by atoms with Gasteiger partial charge in [-0.3, -0.25) is 0 Å². The SMILES string of the molecule is Nc1ccc(Oc2nccc3cccc(N4CCOCC4)c23)cc1. The van der Waals surface area contributed by atoms with Gasteiger partial charge in [0.25, 0.3) is 0 Å². The van der Waals surface area contributed by atoms with Crippen LogP contribution >= 0.6 is 0 Å². The van der Waals surface area contributed by atoms with Crippen LogP contribution in [-0.2, 0) is 4.74 Å². The summed E-state index contributed by atoms with van der Waals surface area (Å²) in [5, 5.41) is 2.14. The van der Waals surface area contributed by atoms with Crippen molar-refractivity contribution in [2.24, 2.45) is 0 Å². The Morgan fingerprint density at radius 1 is 1.00 bits per heavy atom. The van der Waals surface area contributed by atoms with E-state index in [1.54, 1.807) is 6.20 Å². The maximum Gasteiger partial charge on any atom is 0.229 e. The number of benzene rings is 2. The summed E-state index contributed by atoms with van der Waals surface area (Å²) >= 11 is 0. The first-order chi connectivity index (χ1) is 11.8. The summed E-state index contributed by atoms with van der Waals surface area (Å²) in [6, 6.07) is 15.6. The Hall–Kier alpha value is -2.79. The zero-order valence-electron chi connectivity index (χ0n) is 13.3. The summed E-state index contributed by atoms with van der Waals surface area (Å²) in [5.41, 5.74) is 7.59. The van der Waals surface area contributed by atoms with Crippen LogP contribution in [0.25, 0.3) is 10.8 Å². The van der Waals surface area contributed by atoms with Gasteiger partial charge in [0, 0.05) is 25.0 Å². The van der Waals surface area contributed by atoms with Crippen molar-refractivity contribution in [3.05, 3.63) is 54.7 Å². The Balaban J connectivity index is 1.78. The molecule has 0 spiro atoms. The number of morpholine rings is 1. The third-order valence-electron chi connectivity index (χ3n) is 4.18. The standard InChI is InChI=1S/C19H19N3O2/c20-15-4-6-16(7-5-15)24-19-18-14(8-9-21-19)2-1-3-17(18)22-10-12-23-13-11-22/h1-9H,10-13,20H2. The second-order valence-electron chi connectivity index (χ2n) is 5.76. The summed E-state index contributed by atoms with van der Waals surface area (Å²) in [6.45, 7) is 3.22. The molecule has 0 radical (unpaired) electrons. The fourth-order valence-corrected chi connectivity index (χ4v) is 2.97. The molecular formula is C19H19N3O2. The van der Waals surface area contributed by atoms with Crippen molar-refractivity contribution in [1.82, 2.24) is 4.98 Å². The second-order valence-corrected chi connectivity index (χ2v) is 5.76. The highest BCUT2D eigenvalue weighted by Crippen LogP contribution is 2.35. The van der Waals surface area contributed by atoms with Crippen molar-refractivity contribution < 1.29 is 9.47 Å². The smallest absolute Gasteiger partial charge is 0.229 e. The molecular weight excluding hydrogens is 302 g/mol. The van der Waals surface area contributed by atoms with Gasteiger partial charge >= 0.3 is 0 Å². The van der Waals surface area contributed by atoms with E-state index in [0.29, 0.717) is 11.6 Å². The number of fused-ring (bicyclic) bond motifs is 1. The monoisotopic (exact) mass is 321 g/mol. The van der Waals surface area contributed by atoms with Gasteiger partial charge in [-0.05, 0) is 41.8 Å². The Morgan fingerprint density at radius 3 is 2.58 bits per heavy atom. The first-order valence-electron chi connectivity index (χ1n) is 8.05. The highest BCUT2D eigenvalue weighted by atomic mass is 16.5. The van der Waals surface area contributed by atoms with Gasteiger partial charge in [-0.2, -0.15) is 0 Å². The van der Waals surface area contributed by atoms with Gasteiger partial charge in [0.15, 0.2) is 0 Å². The van der Waals surface area contributed by atoms with E-state index in [2.05, 4.69) is 28.1 Å². The molecule has 122 valence electrons. The number of rotatable bonds is 3. The quantitative estimate of drug-likeness (QED) is 0.749. The molecule has 0 bridgehead atoms. The van der Waals surface area contributed by atoms with E-state index in [1.165, 1.54) is 0 Å². The van der Waals surface area contributed by atoms with Gasteiger partial charge in [0.05, 0.1) is 24.3 Å². The number of nitrogens with two attached hydrogens (primary N) is 1. The number of nitrogen functional groups attached to an aromatic ring is 1. The summed E-state index contributed by atoms with van der Waals surface area (Å²) in [4.78, 5) is 6.79. The van der Waals surface area contributed by atoms with Crippen molar-refractivity contribution in [3.63, 3.8) is 0 Å². The lowest BCUT2D eigenvalue weighted by Gasteiger charge is -2.30. The molecule has 1 aliphatic rings. The van der Waals surface area contributed by atoms with Crippen molar-refractivity contribution in [1.29, 1.82) is 0 Å². The lowest BCUT2D eigenvalue weighted by molar-refractivity contribution is 0.123. The first-order valence-corrected chi connectivity index (χ1v) is 8.05. The van der Waals surface area contributed by atoms with Crippen molar-refractivity contribution in [2.75, 3.05) is 36.9 Å². The summed E-state index contributed by atoms with van der Waals surface area (Å²) in [7, 11) is 0. The third-order valence-corrected chi connectivity index (χ3v) is 4.18. The van der Waals surface area contributed by atoms with Crippen LogP contribution in [-0.4, -0.2) is 31.3 Å². The molecule has 1 aromatic heterocycles. The van der Waals surface area contributed by atoms with Crippen LogP contribution in [0, 0.1) is 0 Å². The number of ether oxygens (including phenoxy) is 2. The highest BCUT2D eigenvalue weighted by Gasteiger charge is 2.17. The Bertz CT molecular complexity index is 838.